The first-order chi connectivity index (χ1) is 4.11. The summed E-state index contributed by atoms with van der Waals surface area (Å²) in [5, 5.41) is 4.73. The largest absolute Gasteiger partial charge is 0.356 e. The third-order valence-electron chi connectivity index (χ3n) is 0.876. The molecule has 10 heavy (non-hydrogen) atoms. The molecule has 7 heteroatoms. The quantitative estimate of drug-likeness (QED) is 0.470. The van der Waals surface area contributed by atoms with Crippen LogP contribution in [0.1, 0.15) is 0 Å². The second kappa shape index (κ2) is 3.09. The Bertz CT molecular complexity index is 216. The van der Waals surface area contributed by atoms with Crippen LogP contribution < -0.4 is 10.6 Å². The van der Waals surface area contributed by atoms with Gasteiger partial charge in [0.15, 0.2) is 0 Å². The van der Waals surface area contributed by atoms with E-state index >= 15 is 0 Å². The normalized spacial score (nSPS) is 17.3. The van der Waals surface area contributed by atoms with Gasteiger partial charge in [0.05, 0.1) is 0 Å². The van der Waals surface area contributed by atoms with Gasteiger partial charge in [0.2, 0.25) is 5.50 Å². The van der Waals surface area contributed by atoms with E-state index in [1.54, 1.807) is 0 Å². The Balaban J connectivity index is 0.000000810. The first-order valence-corrected chi connectivity index (χ1v) is 3.74. The van der Waals surface area contributed by atoms with Crippen molar-refractivity contribution in [2.24, 2.45) is 0 Å². The first kappa shape index (κ1) is 9.54. The van der Waals surface area contributed by atoms with E-state index in [1.807, 2.05) is 0 Å². The van der Waals surface area contributed by atoms with Gasteiger partial charge in [-0.1, -0.05) is 0 Å². The number of hydrogen-bond donors (Lipinski definition) is 3. The van der Waals surface area contributed by atoms with Gasteiger partial charge in [0.25, 0.3) is 0 Å². The molecule has 5 nitrogen and oxygen atoms in total. The molecule has 3 N–H and O–H groups in total. The van der Waals surface area contributed by atoms with Gasteiger partial charge in [-0.2, -0.15) is 8.42 Å². The zero-order valence-corrected chi connectivity index (χ0v) is 6.45. The fraction of sp³-hybridized carbons (Fsp3) is 0.333. The summed E-state index contributed by atoms with van der Waals surface area (Å²) < 4.78 is 28.8. The average molecular weight is 187 g/mol. The Morgan fingerprint density at radius 1 is 1.30 bits per heavy atom. The Morgan fingerprint density at radius 2 is 1.70 bits per heavy atom. The molecule has 0 radical (unpaired) electrons. The third-order valence-corrected chi connectivity index (χ3v) is 1.74. The van der Waals surface area contributed by atoms with Gasteiger partial charge >= 0.3 is 10.1 Å². The zero-order valence-electron chi connectivity index (χ0n) is 4.81. The molecule has 0 bridgehead atoms. The molecule has 0 aliphatic carbocycles. The van der Waals surface area contributed by atoms with Gasteiger partial charge in [0.1, 0.15) is 0 Å². The van der Waals surface area contributed by atoms with Gasteiger partial charge in [0, 0.05) is 12.4 Å². The summed E-state index contributed by atoms with van der Waals surface area (Å²) in [5.41, 5.74) is -1.07. The summed E-state index contributed by atoms with van der Waals surface area (Å²) in [5.74, 6) is 0. The van der Waals surface area contributed by atoms with Crippen molar-refractivity contribution in [1.29, 1.82) is 0 Å². The molecule has 0 saturated heterocycles. The van der Waals surface area contributed by atoms with Crippen molar-refractivity contribution in [1.82, 2.24) is 10.6 Å². The summed E-state index contributed by atoms with van der Waals surface area (Å²) in [7, 11) is -3.99. The fourth-order valence-electron chi connectivity index (χ4n) is 0.491. The minimum atomic E-state index is -3.99. The van der Waals surface area contributed by atoms with E-state index in [-0.39, 0.29) is 12.4 Å². The maximum atomic E-state index is 10.2. The van der Waals surface area contributed by atoms with Crippen LogP contribution in [0.15, 0.2) is 12.4 Å². The smallest absolute Gasteiger partial charge is 0.305 e. The van der Waals surface area contributed by atoms with E-state index in [2.05, 4.69) is 10.6 Å². The Hall–Kier alpha value is -0.460. The summed E-state index contributed by atoms with van der Waals surface area (Å²) in [4.78, 5) is 0. The minimum Gasteiger partial charge on any atom is -0.356 e. The number of nitrogens with one attached hydrogen (secondary N) is 2. The lowest BCUT2D eigenvalue weighted by Crippen LogP contribution is -2.38. The van der Waals surface area contributed by atoms with E-state index in [0.29, 0.717) is 0 Å². The molecule has 0 aromatic heterocycles. The van der Waals surface area contributed by atoms with Gasteiger partial charge in [-0.15, -0.1) is 12.4 Å². The average Bonchev–Trinajstić information content (AvgIpc) is 2.08. The highest BCUT2D eigenvalue weighted by Crippen LogP contribution is 1.93. The summed E-state index contributed by atoms with van der Waals surface area (Å²) in [6, 6.07) is 0. The predicted octanol–water partition coefficient (Wildman–Crippen LogP) is -0.756. The molecule has 0 aromatic carbocycles. The molecule has 60 valence electrons. The molecule has 1 rings (SSSR count). The van der Waals surface area contributed by atoms with E-state index in [0.717, 1.165) is 0 Å². The van der Waals surface area contributed by atoms with Crippen molar-refractivity contribution in [3.8, 4) is 0 Å². The highest BCUT2D eigenvalue weighted by molar-refractivity contribution is 7.86. The molecule has 0 aromatic rings. The summed E-state index contributed by atoms with van der Waals surface area (Å²) in [6.45, 7) is 0. The fourth-order valence-corrected chi connectivity index (χ4v) is 0.992. The monoisotopic (exact) mass is 186 g/mol. The van der Waals surface area contributed by atoms with Crippen LogP contribution in [-0.2, 0) is 10.1 Å². The van der Waals surface area contributed by atoms with E-state index < -0.39 is 15.6 Å². The van der Waals surface area contributed by atoms with Crippen LogP contribution in [-0.4, -0.2) is 18.5 Å². The molecule has 1 aliphatic heterocycles. The number of rotatable bonds is 1. The van der Waals surface area contributed by atoms with Gasteiger partial charge in [-0.25, -0.2) is 0 Å². The molecule has 0 saturated carbocycles. The van der Waals surface area contributed by atoms with E-state index in [1.165, 1.54) is 12.4 Å². The second-order valence-corrected chi connectivity index (χ2v) is 3.06. The highest BCUT2D eigenvalue weighted by atomic mass is 35.5. The van der Waals surface area contributed by atoms with Gasteiger partial charge in [-0.05, 0) is 0 Å². The summed E-state index contributed by atoms with van der Waals surface area (Å²) >= 11 is 0. The molecule has 1 heterocycles. The standard InChI is InChI=1S/C3H6N2O3S.ClH/c6-9(7,8)3-4-1-2-5-3;/h1-5H,(H,6,7,8);1H. The zero-order chi connectivity index (χ0) is 6.91. The first-order valence-electron chi connectivity index (χ1n) is 2.24. The lowest BCUT2D eigenvalue weighted by molar-refractivity contribution is 0.456. The van der Waals surface area contributed by atoms with Crippen LogP contribution in [0.3, 0.4) is 0 Å². The van der Waals surface area contributed by atoms with Crippen LogP contribution in [0.4, 0.5) is 0 Å². The van der Waals surface area contributed by atoms with Crippen molar-refractivity contribution >= 4 is 22.5 Å². The summed E-state index contributed by atoms with van der Waals surface area (Å²) in [6.07, 6.45) is 2.80. The minimum absolute atomic E-state index is 0. The SMILES string of the molecule is Cl.O=S(=O)(O)C1NC=CN1. The van der Waals surface area contributed by atoms with Crippen molar-refractivity contribution < 1.29 is 13.0 Å². The van der Waals surface area contributed by atoms with Crippen LogP contribution in [0.5, 0.6) is 0 Å². The van der Waals surface area contributed by atoms with Crippen LogP contribution in [0, 0.1) is 0 Å². The molecular formula is C3H7ClN2O3S. The van der Waals surface area contributed by atoms with Crippen LogP contribution in [0.2, 0.25) is 0 Å². The predicted molar refractivity (Wildman–Crippen MR) is 38.0 cm³/mol. The maximum Gasteiger partial charge on any atom is 0.305 e. The van der Waals surface area contributed by atoms with Crippen LogP contribution >= 0.6 is 12.4 Å². The molecule has 0 atom stereocenters. The molecule has 1 aliphatic rings. The van der Waals surface area contributed by atoms with Gasteiger partial charge < -0.3 is 10.6 Å². The number of halogens is 1. The van der Waals surface area contributed by atoms with Crippen LogP contribution in [0.25, 0.3) is 0 Å². The Labute approximate surface area is 64.7 Å². The van der Waals surface area contributed by atoms with E-state index in [9.17, 15) is 8.42 Å². The van der Waals surface area contributed by atoms with Crippen molar-refractivity contribution in [2.75, 3.05) is 0 Å². The van der Waals surface area contributed by atoms with Crippen molar-refractivity contribution in [3.63, 3.8) is 0 Å². The molecule has 0 amide bonds. The molecule has 0 fully saturated rings. The second-order valence-electron chi connectivity index (χ2n) is 1.56. The van der Waals surface area contributed by atoms with Crippen molar-refractivity contribution in [2.45, 2.75) is 5.50 Å². The lowest BCUT2D eigenvalue weighted by atomic mass is 11.0. The molecular weight excluding hydrogens is 180 g/mol. The highest BCUT2D eigenvalue weighted by Gasteiger charge is 2.21. The molecule has 0 spiro atoms. The molecule has 0 unspecified atom stereocenters. The topological polar surface area (TPSA) is 78.4 Å². The van der Waals surface area contributed by atoms with E-state index in [4.69, 9.17) is 4.55 Å². The third kappa shape index (κ3) is 2.05. The van der Waals surface area contributed by atoms with Gasteiger partial charge in [-0.3, -0.25) is 4.55 Å². The Morgan fingerprint density at radius 3 is 1.90 bits per heavy atom. The van der Waals surface area contributed by atoms with Crippen molar-refractivity contribution in [3.05, 3.63) is 12.4 Å². The number of hydrogen-bond acceptors (Lipinski definition) is 4. The Kier molecular flexibility index (Phi) is 2.95. The maximum absolute atomic E-state index is 10.2. The lowest BCUT2D eigenvalue weighted by Gasteiger charge is -2.06.